The van der Waals surface area contributed by atoms with Crippen molar-refractivity contribution in [2.24, 2.45) is 0 Å². The van der Waals surface area contributed by atoms with E-state index in [1.165, 1.54) is 22.4 Å². The van der Waals surface area contributed by atoms with Crippen molar-refractivity contribution in [1.82, 2.24) is 9.80 Å². The molecule has 2 aromatic rings. The van der Waals surface area contributed by atoms with Gasteiger partial charge >= 0.3 is 5.97 Å². The highest BCUT2D eigenvalue weighted by Gasteiger charge is 2.28. The van der Waals surface area contributed by atoms with Crippen molar-refractivity contribution in [3.05, 3.63) is 51.9 Å². The summed E-state index contributed by atoms with van der Waals surface area (Å²) in [7, 11) is 0. The predicted octanol–water partition coefficient (Wildman–Crippen LogP) is 4.36. The van der Waals surface area contributed by atoms with Crippen molar-refractivity contribution >= 4 is 39.6 Å². The Bertz CT molecular complexity index is 905. The van der Waals surface area contributed by atoms with Crippen LogP contribution in [0, 0.1) is 0 Å². The summed E-state index contributed by atoms with van der Waals surface area (Å²) in [5, 5.41) is 4.98. The van der Waals surface area contributed by atoms with Gasteiger partial charge in [-0.1, -0.05) is 30.3 Å². The van der Waals surface area contributed by atoms with Crippen molar-refractivity contribution < 1.29 is 9.53 Å². The van der Waals surface area contributed by atoms with Crippen molar-refractivity contribution in [2.75, 3.05) is 44.6 Å². The molecule has 0 radical (unpaired) electrons. The summed E-state index contributed by atoms with van der Waals surface area (Å²) in [5.41, 5.74) is 3.27. The van der Waals surface area contributed by atoms with Gasteiger partial charge in [-0.25, -0.2) is 4.79 Å². The molecule has 1 aromatic carbocycles. The highest BCUT2D eigenvalue weighted by molar-refractivity contribution is 7.80. The molecule has 0 unspecified atom stereocenters. The molecule has 1 saturated heterocycles. The summed E-state index contributed by atoms with van der Waals surface area (Å²) in [6.45, 7) is 7.12. The van der Waals surface area contributed by atoms with E-state index < -0.39 is 0 Å². The zero-order valence-electron chi connectivity index (χ0n) is 18.2. The molecule has 1 fully saturated rings. The first-order chi connectivity index (χ1) is 15.2. The average Bonchev–Trinajstić information content (AvgIpc) is 3.16. The summed E-state index contributed by atoms with van der Waals surface area (Å²) < 4.78 is 5.36. The number of hydrogen-bond acceptors (Lipinski definition) is 5. The third-order valence-corrected chi connectivity index (χ3v) is 7.66. The Morgan fingerprint density at radius 3 is 2.61 bits per heavy atom. The molecule has 0 atom stereocenters. The van der Waals surface area contributed by atoms with Gasteiger partial charge in [-0.05, 0) is 62.4 Å². The number of aryl methyl sites for hydroxylation is 1. The maximum atomic E-state index is 12.7. The molecule has 5 nitrogen and oxygen atoms in total. The SMILES string of the molecule is CCOC(=O)c1c(NC(=S)N2CCN(CCc3ccccc3)CC2)sc2c1CCCC2. The van der Waals surface area contributed by atoms with Gasteiger partial charge in [0.2, 0.25) is 0 Å². The van der Waals surface area contributed by atoms with E-state index in [0.29, 0.717) is 17.3 Å². The molecule has 166 valence electrons. The average molecular weight is 458 g/mol. The van der Waals surface area contributed by atoms with Crippen molar-refractivity contribution in [3.63, 3.8) is 0 Å². The number of anilines is 1. The molecular weight excluding hydrogens is 426 g/mol. The zero-order valence-corrected chi connectivity index (χ0v) is 19.8. The number of nitrogens with one attached hydrogen (secondary N) is 1. The van der Waals surface area contributed by atoms with Crippen LogP contribution in [0.1, 0.15) is 46.1 Å². The van der Waals surface area contributed by atoms with E-state index in [9.17, 15) is 4.79 Å². The molecule has 1 aromatic heterocycles. The number of ether oxygens (including phenoxy) is 1. The van der Waals surface area contributed by atoms with Gasteiger partial charge in [-0.15, -0.1) is 11.3 Å². The molecule has 0 saturated carbocycles. The van der Waals surface area contributed by atoms with Crippen LogP contribution in [0.4, 0.5) is 5.00 Å². The molecule has 2 heterocycles. The number of thiocarbonyl (C=S) groups is 1. The van der Waals surface area contributed by atoms with Crippen LogP contribution in [0.2, 0.25) is 0 Å². The van der Waals surface area contributed by atoms with Crippen LogP contribution < -0.4 is 5.32 Å². The Kier molecular flexibility index (Phi) is 7.58. The summed E-state index contributed by atoms with van der Waals surface area (Å²) in [6.07, 6.45) is 5.39. The molecule has 0 amide bonds. The number of benzene rings is 1. The predicted molar refractivity (Wildman–Crippen MR) is 131 cm³/mol. The lowest BCUT2D eigenvalue weighted by Crippen LogP contribution is -2.50. The van der Waals surface area contributed by atoms with Gasteiger partial charge in [0, 0.05) is 37.6 Å². The topological polar surface area (TPSA) is 44.8 Å². The largest absolute Gasteiger partial charge is 0.462 e. The number of piperazine rings is 1. The summed E-state index contributed by atoms with van der Waals surface area (Å²) in [4.78, 5) is 18.7. The maximum absolute atomic E-state index is 12.7. The molecule has 0 spiro atoms. The lowest BCUT2D eigenvalue weighted by Gasteiger charge is -2.36. The molecule has 7 heteroatoms. The number of carbonyl (C=O) groups excluding carboxylic acids is 1. The van der Waals surface area contributed by atoms with Crippen LogP contribution in [-0.4, -0.2) is 60.2 Å². The fourth-order valence-electron chi connectivity index (χ4n) is 4.36. The number of nitrogens with zero attached hydrogens (tertiary/aromatic N) is 2. The lowest BCUT2D eigenvalue weighted by atomic mass is 9.95. The first-order valence-electron chi connectivity index (χ1n) is 11.3. The first kappa shape index (κ1) is 22.2. The summed E-state index contributed by atoms with van der Waals surface area (Å²) in [6, 6.07) is 10.6. The van der Waals surface area contributed by atoms with E-state index in [1.54, 1.807) is 11.3 Å². The Morgan fingerprint density at radius 1 is 1.13 bits per heavy atom. The van der Waals surface area contributed by atoms with Gasteiger partial charge in [-0.3, -0.25) is 4.90 Å². The van der Waals surface area contributed by atoms with Gasteiger partial charge < -0.3 is 15.0 Å². The summed E-state index contributed by atoms with van der Waals surface area (Å²) >= 11 is 7.42. The highest BCUT2D eigenvalue weighted by atomic mass is 32.1. The first-order valence-corrected chi connectivity index (χ1v) is 12.5. The van der Waals surface area contributed by atoms with Gasteiger partial charge in [0.25, 0.3) is 0 Å². The van der Waals surface area contributed by atoms with Crippen LogP contribution in [-0.2, 0) is 24.0 Å². The molecule has 0 bridgehead atoms. The molecule has 1 aliphatic heterocycles. The minimum atomic E-state index is -0.224. The highest BCUT2D eigenvalue weighted by Crippen LogP contribution is 2.38. The van der Waals surface area contributed by atoms with Crippen LogP contribution in [0.3, 0.4) is 0 Å². The number of carbonyl (C=O) groups is 1. The van der Waals surface area contributed by atoms with Crippen molar-refractivity contribution in [3.8, 4) is 0 Å². The van der Waals surface area contributed by atoms with E-state index >= 15 is 0 Å². The second-order valence-corrected chi connectivity index (χ2v) is 9.62. The lowest BCUT2D eigenvalue weighted by molar-refractivity contribution is 0.0526. The minimum absolute atomic E-state index is 0.224. The molecule has 4 rings (SSSR count). The molecule has 1 N–H and O–H groups in total. The molecule has 1 aliphatic carbocycles. The Hall–Kier alpha value is -1.96. The van der Waals surface area contributed by atoms with E-state index in [-0.39, 0.29) is 5.97 Å². The monoisotopic (exact) mass is 457 g/mol. The van der Waals surface area contributed by atoms with Gasteiger partial charge in [-0.2, -0.15) is 0 Å². The number of esters is 1. The minimum Gasteiger partial charge on any atom is -0.462 e. The molecule has 2 aliphatic rings. The van der Waals surface area contributed by atoms with Crippen LogP contribution in [0.15, 0.2) is 30.3 Å². The van der Waals surface area contributed by atoms with Crippen LogP contribution in [0.25, 0.3) is 0 Å². The van der Waals surface area contributed by atoms with Gasteiger partial charge in [0.1, 0.15) is 5.00 Å². The van der Waals surface area contributed by atoms with Crippen molar-refractivity contribution in [1.29, 1.82) is 0 Å². The Labute approximate surface area is 194 Å². The van der Waals surface area contributed by atoms with Gasteiger partial charge in [0.05, 0.1) is 12.2 Å². The zero-order chi connectivity index (χ0) is 21.6. The third-order valence-electron chi connectivity index (χ3n) is 6.09. The number of rotatable bonds is 6. The number of hydrogen-bond donors (Lipinski definition) is 1. The third kappa shape index (κ3) is 5.45. The smallest absolute Gasteiger partial charge is 0.341 e. The number of fused-ring (bicyclic) bond motifs is 1. The van der Waals surface area contributed by atoms with Gasteiger partial charge in [0.15, 0.2) is 5.11 Å². The van der Waals surface area contributed by atoms with Crippen LogP contribution >= 0.6 is 23.6 Å². The van der Waals surface area contributed by atoms with E-state index in [2.05, 4.69) is 45.4 Å². The Morgan fingerprint density at radius 2 is 1.87 bits per heavy atom. The van der Waals surface area contributed by atoms with E-state index in [0.717, 1.165) is 63.4 Å². The fraction of sp³-hybridized carbons (Fsp3) is 0.500. The van der Waals surface area contributed by atoms with Crippen LogP contribution in [0.5, 0.6) is 0 Å². The molecule has 31 heavy (non-hydrogen) atoms. The van der Waals surface area contributed by atoms with Crippen molar-refractivity contribution in [2.45, 2.75) is 39.0 Å². The second-order valence-electron chi connectivity index (χ2n) is 8.13. The molecular formula is C24H31N3O2S2. The maximum Gasteiger partial charge on any atom is 0.341 e. The fourth-order valence-corrected chi connectivity index (χ4v) is 5.98. The second kappa shape index (κ2) is 10.6. The Balaban J connectivity index is 1.35. The van der Waals surface area contributed by atoms with E-state index in [1.807, 2.05) is 6.92 Å². The quantitative estimate of drug-likeness (QED) is 0.514. The standard InChI is InChI=1S/C24H31N3O2S2/c1-2-29-23(28)21-19-10-6-7-11-20(19)31-22(21)25-24(30)27-16-14-26(15-17-27)13-12-18-8-4-3-5-9-18/h3-5,8-9H,2,6-7,10-17H2,1H3,(H,25,30). The number of thiophene rings is 1. The summed E-state index contributed by atoms with van der Waals surface area (Å²) in [5.74, 6) is -0.224. The van der Waals surface area contributed by atoms with E-state index in [4.69, 9.17) is 17.0 Å². The normalized spacial score (nSPS) is 16.6.